The summed E-state index contributed by atoms with van der Waals surface area (Å²) < 4.78 is 11.0. The Morgan fingerprint density at radius 1 is 1.11 bits per heavy atom. The molecular formula is C30H36N4O4. The summed E-state index contributed by atoms with van der Waals surface area (Å²) in [5.74, 6) is -0.0532. The van der Waals surface area contributed by atoms with Crippen molar-refractivity contribution in [2.75, 3.05) is 45.8 Å². The molecule has 4 rings (SSSR count). The molecule has 0 aliphatic carbocycles. The lowest BCUT2D eigenvalue weighted by Crippen LogP contribution is -2.46. The fourth-order valence-electron chi connectivity index (χ4n) is 5.18. The molecule has 8 heteroatoms. The molecule has 200 valence electrons. The minimum Gasteiger partial charge on any atom is -0.493 e. The van der Waals surface area contributed by atoms with E-state index in [-0.39, 0.29) is 11.8 Å². The van der Waals surface area contributed by atoms with Gasteiger partial charge in [-0.1, -0.05) is 18.2 Å². The minimum absolute atomic E-state index is 0.148. The van der Waals surface area contributed by atoms with Gasteiger partial charge in [-0.05, 0) is 67.3 Å². The summed E-state index contributed by atoms with van der Waals surface area (Å²) in [4.78, 5) is 35.4. The Balaban J connectivity index is 1.59. The predicted octanol–water partition coefficient (Wildman–Crippen LogP) is 4.35. The fraction of sp³-hybridized carbons (Fsp3) is 0.367. The average molecular weight is 517 g/mol. The standard InChI is InChI=1S/C30H36N4O4/c1-6-34(22-12-7-10-20(2)16-22)15-9-14-32-29(35)27-23-17-25(37-4)26(38-5)18-24(23)30(36)33(3)28(27)21-11-8-13-31-19-21/h7-8,10-13,16-19,27-28H,6,9,14-15H2,1-5H3,(H,32,35)/t27-,28+/m0/s1. The third-order valence-electron chi connectivity index (χ3n) is 7.14. The highest BCUT2D eigenvalue weighted by molar-refractivity contribution is 6.02. The lowest BCUT2D eigenvalue weighted by molar-refractivity contribution is -0.124. The van der Waals surface area contributed by atoms with E-state index in [2.05, 4.69) is 53.3 Å². The van der Waals surface area contributed by atoms with E-state index in [0.29, 0.717) is 29.2 Å². The maximum absolute atomic E-state index is 13.8. The first-order chi connectivity index (χ1) is 18.4. The average Bonchev–Trinajstić information content (AvgIpc) is 2.94. The van der Waals surface area contributed by atoms with E-state index in [9.17, 15) is 9.59 Å². The van der Waals surface area contributed by atoms with Crippen LogP contribution in [0.1, 0.15) is 52.4 Å². The Hall–Kier alpha value is -4.07. The zero-order chi connectivity index (χ0) is 27.2. The molecule has 0 radical (unpaired) electrons. The van der Waals surface area contributed by atoms with E-state index >= 15 is 0 Å². The Kier molecular flexibility index (Phi) is 8.51. The first-order valence-corrected chi connectivity index (χ1v) is 12.9. The molecule has 3 aromatic rings. The maximum Gasteiger partial charge on any atom is 0.254 e. The number of nitrogens with zero attached hydrogens (tertiary/aromatic N) is 3. The van der Waals surface area contributed by atoms with Crippen molar-refractivity contribution in [2.45, 2.75) is 32.2 Å². The molecule has 0 fully saturated rings. The van der Waals surface area contributed by atoms with Crippen molar-refractivity contribution in [2.24, 2.45) is 0 Å². The van der Waals surface area contributed by atoms with Crippen LogP contribution in [0.4, 0.5) is 5.69 Å². The Morgan fingerprint density at radius 3 is 2.53 bits per heavy atom. The summed E-state index contributed by atoms with van der Waals surface area (Å²) in [7, 11) is 4.80. The van der Waals surface area contributed by atoms with Gasteiger partial charge in [-0.3, -0.25) is 14.6 Å². The zero-order valence-corrected chi connectivity index (χ0v) is 22.7. The molecule has 2 amide bonds. The molecule has 0 unspecified atom stereocenters. The van der Waals surface area contributed by atoms with Gasteiger partial charge in [0.1, 0.15) is 0 Å². The number of anilines is 1. The number of carbonyl (C=O) groups is 2. The van der Waals surface area contributed by atoms with Gasteiger partial charge in [0.15, 0.2) is 11.5 Å². The quantitative estimate of drug-likeness (QED) is 0.404. The number of likely N-dealkylation sites (N-methyl/N-ethyl adjacent to an activating group) is 1. The highest BCUT2D eigenvalue weighted by Crippen LogP contribution is 2.45. The molecule has 0 saturated heterocycles. The van der Waals surface area contributed by atoms with E-state index in [4.69, 9.17) is 9.47 Å². The molecule has 0 saturated carbocycles. The molecule has 1 aliphatic heterocycles. The monoisotopic (exact) mass is 516 g/mol. The second-order valence-electron chi connectivity index (χ2n) is 9.48. The van der Waals surface area contributed by atoms with Crippen molar-refractivity contribution >= 4 is 17.5 Å². The van der Waals surface area contributed by atoms with Crippen molar-refractivity contribution in [1.29, 1.82) is 0 Å². The van der Waals surface area contributed by atoms with Gasteiger partial charge in [-0.2, -0.15) is 0 Å². The van der Waals surface area contributed by atoms with Crippen LogP contribution in [0.2, 0.25) is 0 Å². The molecular weight excluding hydrogens is 480 g/mol. The van der Waals surface area contributed by atoms with Gasteiger partial charge >= 0.3 is 0 Å². The number of rotatable bonds is 10. The third kappa shape index (κ3) is 5.44. The van der Waals surface area contributed by atoms with Crippen LogP contribution >= 0.6 is 0 Å². The van der Waals surface area contributed by atoms with Crippen LogP contribution < -0.4 is 19.7 Å². The summed E-state index contributed by atoms with van der Waals surface area (Å²) in [6.45, 7) is 6.43. The third-order valence-corrected chi connectivity index (χ3v) is 7.14. The maximum atomic E-state index is 13.8. The van der Waals surface area contributed by atoms with Gasteiger partial charge in [-0.25, -0.2) is 0 Å². The molecule has 0 bridgehead atoms. The molecule has 2 aromatic carbocycles. The Morgan fingerprint density at radius 2 is 1.87 bits per heavy atom. The molecule has 2 heterocycles. The molecule has 0 spiro atoms. The number of nitrogens with one attached hydrogen (secondary N) is 1. The smallest absolute Gasteiger partial charge is 0.254 e. The second-order valence-corrected chi connectivity index (χ2v) is 9.48. The number of aromatic nitrogens is 1. The zero-order valence-electron chi connectivity index (χ0n) is 22.7. The van der Waals surface area contributed by atoms with Gasteiger partial charge in [0, 0.05) is 50.3 Å². The molecule has 1 aromatic heterocycles. The highest BCUT2D eigenvalue weighted by atomic mass is 16.5. The van der Waals surface area contributed by atoms with Crippen molar-refractivity contribution in [3.8, 4) is 11.5 Å². The number of carbonyl (C=O) groups excluding carboxylic acids is 2. The Bertz CT molecular complexity index is 1280. The van der Waals surface area contributed by atoms with Gasteiger partial charge in [0.25, 0.3) is 5.91 Å². The normalized spacial score (nSPS) is 16.6. The molecule has 1 aliphatic rings. The number of hydrogen-bond donors (Lipinski definition) is 1. The molecule has 8 nitrogen and oxygen atoms in total. The first-order valence-electron chi connectivity index (χ1n) is 12.9. The van der Waals surface area contributed by atoms with Crippen molar-refractivity contribution in [3.63, 3.8) is 0 Å². The van der Waals surface area contributed by atoms with Crippen LogP contribution in [-0.2, 0) is 4.79 Å². The van der Waals surface area contributed by atoms with Gasteiger partial charge < -0.3 is 24.6 Å². The number of benzene rings is 2. The largest absolute Gasteiger partial charge is 0.493 e. The second kappa shape index (κ2) is 12.0. The van der Waals surface area contributed by atoms with Crippen LogP contribution in [0, 0.1) is 6.92 Å². The topological polar surface area (TPSA) is 84.0 Å². The van der Waals surface area contributed by atoms with Gasteiger partial charge in [0.05, 0.1) is 26.2 Å². The summed E-state index contributed by atoms with van der Waals surface area (Å²) in [6, 6.07) is 15.1. The lowest BCUT2D eigenvalue weighted by atomic mass is 9.79. The number of aryl methyl sites for hydroxylation is 1. The molecule has 38 heavy (non-hydrogen) atoms. The van der Waals surface area contributed by atoms with Crippen LogP contribution in [0.3, 0.4) is 0 Å². The first kappa shape index (κ1) is 27.0. The van der Waals surface area contributed by atoms with E-state index in [0.717, 1.165) is 25.1 Å². The van der Waals surface area contributed by atoms with E-state index in [1.54, 1.807) is 43.6 Å². The SMILES string of the molecule is CCN(CCCNC(=O)[C@H]1c2cc(OC)c(OC)cc2C(=O)N(C)[C@@H]1c1cccnc1)c1cccc(C)c1. The summed E-state index contributed by atoms with van der Waals surface area (Å²) in [6.07, 6.45) is 4.17. The van der Waals surface area contributed by atoms with Crippen LogP contribution in [0.5, 0.6) is 11.5 Å². The lowest BCUT2D eigenvalue weighted by Gasteiger charge is -2.40. The summed E-state index contributed by atoms with van der Waals surface area (Å²) in [5.41, 5.74) is 4.24. The number of fused-ring (bicyclic) bond motifs is 1. The van der Waals surface area contributed by atoms with E-state index < -0.39 is 12.0 Å². The van der Waals surface area contributed by atoms with Crippen molar-refractivity contribution in [1.82, 2.24) is 15.2 Å². The van der Waals surface area contributed by atoms with E-state index in [1.807, 2.05) is 12.1 Å². The minimum atomic E-state index is -0.643. The van der Waals surface area contributed by atoms with Crippen LogP contribution in [0.15, 0.2) is 60.9 Å². The van der Waals surface area contributed by atoms with Gasteiger partial charge in [-0.15, -0.1) is 0 Å². The summed E-state index contributed by atoms with van der Waals surface area (Å²) >= 11 is 0. The van der Waals surface area contributed by atoms with Crippen molar-refractivity contribution in [3.05, 3.63) is 83.2 Å². The highest BCUT2D eigenvalue weighted by Gasteiger charge is 2.43. The Labute approximate surface area is 224 Å². The fourth-order valence-corrected chi connectivity index (χ4v) is 5.18. The number of pyridine rings is 1. The number of ether oxygens (including phenoxy) is 2. The van der Waals surface area contributed by atoms with E-state index in [1.165, 1.54) is 18.4 Å². The summed E-state index contributed by atoms with van der Waals surface area (Å²) in [5, 5.41) is 3.14. The molecule has 1 N–H and O–H groups in total. The van der Waals surface area contributed by atoms with Crippen LogP contribution in [0.25, 0.3) is 0 Å². The van der Waals surface area contributed by atoms with Crippen molar-refractivity contribution < 1.29 is 19.1 Å². The van der Waals surface area contributed by atoms with Gasteiger partial charge in [0.2, 0.25) is 5.91 Å². The molecule has 2 atom stereocenters. The predicted molar refractivity (Wildman–Crippen MR) is 148 cm³/mol. The number of amides is 2. The van der Waals surface area contributed by atoms with Crippen LogP contribution in [-0.4, -0.2) is 62.6 Å². The number of methoxy groups -OCH3 is 2. The number of hydrogen-bond acceptors (Lipinski definition) is 6.